The Kier molecular flexibility index (Phi) is 5.79. The van der Waals surface area contributed by atoms with E-state index >= 15 is 0 Å². The predicted octanol–water partition coefficient (Wildman–Crippen LogP) is 1.74. The van der Waals surface area contributed by atoms with Crippen LogP contribution in [0, 0.1) is 5.82 Å². The van der Waals surface area contributed by atoms with Crippen molar-refractivity contribution in [1.82, 2.24) is 4.31 Å². The molecule has 1 aromatic carbocycles. The van der Waals surface area contributed by atoms with Crippen molar-refractivity contribution < 1.29 is 17.5 Å². The first kappa shape index (κ1) is 17.6. The predicted molar refractivity (Wildman–Crippen MR) is 79.3 cm³/mol. The third-order valence-electron chi connectivity index (χ3n) is 3.01. The molecule has 1 aliphatic heterocycles. The van der Waals surface area contributed by atoms with E-state index in [0.29, 0.717) is 13.0 Å². The van der Waals surface area contributed by atoms with Gasteiger partial charge in [-0.2, -0.15) is 4.31 Å². The molecule has 20 heavy (non-hydrogen) atoms. The molecule has 1 heterocycles. The van der Waals surface area contributed by atoms with Crippen LogP contribution < -0.4 is 10.5 Å². The molecule has 0 aliphatic carbocycles. The summed E-state index contributed by atoms with van der Waals surface area (Å²) in [5, 5.41) is 0. The molecule has 1 saturated heterocycles. The molecule has 1 aliphatic rings. The van der Waals surface area contributed by atoms with Gasteiger partial charge in [0.1, 0.15) is 16.5 Å². The lowest BCUT2D eigenvalue weighted by molar-refractivity contribution is 0.395. The first-order valence-electron chi connectivity index (χ1n) is 5.65. The van der Waals surface area contributed by atoms with Gasteiger partial charge in [-0.15, -0.1) is 12.4 Å². The fraction of sp³-hybridized carbons (Fsp3) is 0.455. The molecule has 0 amide bonds. The zero-order valence-electron chi connectivity index (χ0n) is 10.7. The summed E-state index contributed by atoms with van der Waals surface area (Å²) < 4.78 is 44.9. The van der Waals surface area contributed by atoms with Crippen LogP contribution >= 0.6 is 28.3 Å². The van der Waals surface area contributed by atoms with Gasteiger partial charge >= 0.3 is 0 Å². The maximum absolute atomic E-state index is 13.6. The topological polar surface area (TPSA) is 72.6 Å². The van der Waals surface area contributed by atoms with Crippen molar-refractivity contribution >= 4 is 38.4 Å². The second kappa shape index (κ2) is 6.57. The zero-order valence-corrected chi connectivity index (χ0v) is 13.9. The summed E-state index contributed by atoms with van der Waals surface area (Å²) in [5.41, 5.74) is 5.71. The van der Waals surface area contributed by atoms with E-state index in [9.17, 15) is 12.8 Å². The van der Waals surface area contributed by atoms with E-state index in [0.717, 1.165) is 6.07 Å². The smallest absolute Gasteiger partial charge is 0.246 e. The van der Waals surface area contributed by atoms with Crippen LogP contribution in [0.15, 0.2) is 21.5 Å². The fourth-order valence-electron chi connectivity index (χ4n) is 1.98. The van der Waals surface area contributed by atoms with Gasteiger partial charge in [0.2, 0.25) is 10.0 Å². The van der Waals surface area contributed by atoms with Crippen LogP contribution in [-0.4, -0.2) is 39.0 Å². The largest absolute Gasteiger partial charge is 0.495 e. The minimum atomic E-state index is -3.79. The van der Waals surface area contributed by atoms with Crippen molar-refractivity contribution in [3.63, 3.8) is 0 Å². The molecule has 0 spiro atoms. The Balaban J connectivity index is 0.00000200. The Labute approximate surface area is 131 Å². The average molecular weight is 390 g/mol. The molecule has 0 saturated carbocycles. The summed E-state index contributed by atoms with van der Waals surface area (Å²) in [5.74, 6) is -0.545. The van der Waals surface area contributed by atoms with Gasteiger partial charge in [0.25, 0.3) is 0 Å². The van der Waals surface area contributed by atoms with E-state index in [-0.39, 0.29) is 40.1 Å². The minimum absolute atomic E-state index is 0. The van der Waals surface area contributed by atoms with Crippen molar-refractivity contribution in [3.8, 4) is 5.75 Å². The molecular weight excluding hydrogens is 375 g/mol. The van der Waals surface area contributed by atoms with Crippen molar-refractivity contribution in [3.05, 3.63) is 22.4 Å². The van der Waals surface area contributed by atoms with Crippen LogP contribution in [0.25, 0.3) is 0 Å². The zero-order chi connectivity index (χ0) is 14.2. The summed E-state index contributed by atoms with van der Waals surface area (Å²) in [4.78, 5) is -0.176. The van der Waals surface area contributed by atoms with Gasteiger partial charge in [-0.3, -0.25) is 0 Å². The Morgan fingerprint density at radius 2 is 2.15 bits per heavy atom. The van der Waals surface area contributed by atoms with Crippen molar-refractivity contribution in [2.24, 2.45) is 5.73 Å². The van der Waals surface area contributed by atoms with Crippen molar-refractivity contribution in [2.75, 3.05) is 20.2 Å². The minimum Gasteiger partial charge on any atom is -0.495 e. The number of hydrogen-bond acceptors (Lipinski definition) is 4. The molecule has 5 nitrogen and oxygen atoms in total. The number of ether oxygens (including phenoxy) is 1. The highest BCUT2D eigenvalue weighted by Crippen LogP contribution is 2.32. The van der Waals surface area contributed by atoms with Gasteiger partial charge < -0.3 is 10.5 Å². The first-order valence-corrected chi connectivity index (χ1v) is 7.88. The number of nitrogens with zero attached hydrogens (tertiary/aromatic N) is 1. The third kappa shape index (κ3) is 3.25. The van der Waals surface area contributed by atoms with Gasteiger partial charge in [0.05, 0.1) is 11.6 Å². The maximum atomic E-state index is 13.6. The Morgan fingerprint density at radius 1 is 1.50 bits per heavy atom. The summed E-state index contributed by atoms with van der Waals surface area (Å²) >= 11 is 3.00. The molecule has 1 atom stereocenters. The number of sulfonamides is 1. The van der Waals surface area contributed by atoms with Crippen LogP contribution in [0.3, 0.4) is 0 Å². The van der Waals surface area contributed by atoms with Gasteiger partial charge in [0.15, 0.2) is 0 Å². The number of methoxy groups -OCH3 is 1. The molecule has 0 bridgehead atoms. The summed E-state index contributed by atoms with van der Waals surface area (Å²) in [6.45, 7) is 0.577. The van der Waals surface area contributed by atoms with Gasteiger partial charge in [0, 0.05) is 19.1 Å². The number of benzene rings is 1. The number of rotatable bonds is 3. The van der Waals surface area contributed by atoms with E-state index in [1.807, 2.05) is 0 Å². The lowest BCUT2D eigenvalue weighted by atomic mass is 10.3. The SMILES string of the molecule is COc1cc(Br)c(F)cc1S(=O)(=O)N1CC[C@@H](N)C1.Cl. The molecule has 1 aromatic rings. The molecule has 114 valence electrons. The van der Waals surface area contributed by atoms with E-state index in [1.165, 1.54) is 17.5 Å². The van der Waals surface area contributed by atoms with E-state index in [4.69, 9.17) is 10.5 Å². The molecule has 0 aromatic heterocycles. The molecule has 0 unspecified atom stereocenters. The van der Waals surface area contributed by atoms with Crippen LogP contribution in [0.2, 0.25) is 0 Å². The Hall–Kier alpha value is -0.410. The third-order valence-corrected chi connectivity index (χ3v) is 5.51. The normalized spacial score (nSPS) is 19.7. The quantitative estimate of drug-likeness (QED) is 0.855. The van der Waals surface area contributed by atoms with Crippen LogP contribution in [0.1, 0.15) is 6.42 Å². The highest BCUT2D eigenvalue weighted by atomic mass is 79.9. The molecule has 1 fully saturated rings. The maximum Gasteiger partial charge on any atom is 0.246 e. The number of hydrogen-bond donors (Lipinski definition) is 1. The molecular formula is C11H15BrClFN2O3S. The summed E-state index contributed by atoms with van der Waals surface area (Å²) in [6, 6.07) is 2.08. The Morgan fingerprint density at radius 3 is 2.65 bits per heavy atom. The van der Waals surface area contributed by atoms with E-state index in [2.05, 4.69) is 15.9 Å². The van der Waals surface area contributed by atoms with Gasteiger partial charge in [-0.1, -0.05) is 0 Å². The second-order valence-corrected chi connectivity index (χ2v) is 7.09. The fourth-order valence-corrected chi connectivity index (χ4v) is 3.97. The van der Waals surface area contributed by atoms with Gasteiger partial charge in [-0.25, -0.2) is 12.8 Å². The lowest BCUT2D eigenvalue weighted by Gasteiger charge is -2.18. The van der Waals surface area contributed by atoms with Gasteiger partial charge in [-0.05, 0) is 34.5 Å². The summed E-state index contributed by atoms with van der Waals surface area (Å²) in [6.07, 6.45) is 0.598. The first-order chi connectivity index (χ1) is 8.86. The highest BCUT2D eigenvalue weighted by molar-refractivity contribution is 9.10. The van der Waals surface area contributed by atoms with Crippen LogP contribution in [-0.2, 0) is 10.0 Å². The second-order valence-electron chi connectivity index (χ2n) is 4.33. The van der Waals surface area contributed by atoms with E-state index in [1.54, 1.807) is 0 Å². The lowest BCUT2D eigenvalue weighted by Crippen LogP contribution is -2.32. The molecule has 9 heteroatoms. The highest BCUT2D eigenvalue weighted by Gasteiger charge is 2.33. The van der Waals surface area contributed by atoms with Crippen molar-refractivity contribution in [2.45, 2.75) is 17.4 Å². The Bertz CT molecular complexity index is 600. The van der Waals surface area contributed by atoms with Crippen LogP contribution in [0.4, 0.5) is 4.39 Å². The van der Waals surface area contributed by atoms with Crippen LogP contribution in [0.5, 0.6) is 5.75 Å². The monoisotopic (exact) mass is 388 g/mol. The molecule has 0 radical (unpaired) electrons. The average Bonchev–Trinajstić information content (AvgIpc) is 2.79. The van der Waals surface area contributed by atoms with E-state index < -0.39 is 15.8 Å². The molecule has 2 N–H and O–H groups in total. The summed E-state index contributed by atoms with van der Waals surface area (Å²) in [7, 11) is -2.44. The number of nitrogens with two attached hydrogens (primary N) is 1. The standard InChI is InChI=1S/C11H14BrFN2O3S.ClH/c1-18-10-4-8(12)9(13)5-11(10)19(16,17)15-3-2-7(14)6-15;/h4-5,7H,2-3,6,14H2,1H3;1H/t7-;/m1./s1. The van der Waals surface area contributed by atoms with Crippen molar-refractivity contribution in [1.29, 1.82) is 0 Å². The number of halogens is 3. The molecule has 2 rings (SSSR count).